The molecule has 0 fully saturated rings. The molecular formula is C21H22N6O2. The van der Waals surface area contributed by atoms with E-state index >= 15 is 0 Å². The fourth-order valence-electron chi connectivity index (χ4n) is 2.88. The lowest BCUT2D eigenvalue weighted by molar-refractivity contribution is 0.0996. The van der Waals surface area contributed by atoms with Gasteiger partial charge in [-0.1, -0.05) is 26.0 Å². The van der Waals surface area contributed by atoms with E-state index in [1.165, 1.54) is 6.07 Å². The van der Waals surface area contributed by atoms with Gasteiger partial charge in [0.05, 0.1) is 12.2 Å². The van der Waals surface area contributed by atoms with Crippen LogP contribution in [0.2, 0.25) is 0 Å². The highest BCUT2D eigenvalue weighted by molar-refractivity contribution is 5.93. The monoisotopic (exact) mass is 390 g/mol. The summed E-state index contributed by atoms with van der Waals surface area (Å²) in [6.45, 7) is 3.94. The first-order valence-electron chi connectivity index (χ1n) is 9.19. The van der Waals surface area contributed by atoms with Gasteiger partial charge >= 0.3 is 0 Å². The van der Waals surface area contributed by atoms with E-state index in [4.69, 9.17) is 11.5 Å². The number of aliphatic hydroxyl groups is 1. The SMILES string of the molecule is CC.NC(=O)c1ccc2nc(-c3cccnc3N)n(-c3ccc(CO)cc3)c2n1. The number of nitrogen functional groups attached to an aromatic ring is 1. The van der Waals surface area contributed by atoms with Gasteiger partial charge in [0.15, 0.2) is 11.5 Å². The fourth-order valence-corrected chi connectivity index (χ4v) is 2.88. The van der Waals surface area contributed by atoms with Gasteiger partial charge in [0.2, 0.25) is 0 Å². The summed E-state index contributed by atoms with van der Waals surface area (Å²) in [6.07, 6.45) is 1.60. The number of imidazole rings is 1. The summed E-state index contributed by atoms with van der Waals surface area (Å²) in [4.78, 5) is 24.7. The Morgan fingerprint density at radius 3 is 2.41 bits per heavy atom. The number of benzene rings is 1. The molecule has 0 aliphatic rings. The zero-order valence-corrected chi connectivity index (χ0v) is 16.2. The Morgan fingerprint density at radius 2 is 1.79 bits per heavy atom. The second-order valence-corrected chi connectivity index (χ2v) is 5.94. The molecule has 4 rings (SSSR count). The number of carbonyl (C=O) groups is 1. The van der Waals surface area contributed by atoms with E-state index in [0.717, 1.165) is 11.3 Å². The maximum absolute atomic E-state index is 11.6. The molecule has 8 heteroatoms. The number of rotatable bonds is 4. The molecule has 3 aromatic heterocycles. The Balaban J connectivity index is 0.00000117. The molecule has 1 amide bonds. The molecule has 0 aliphatic carbocycles. The molecule has 8 nitrogen and oxygen atoms in total. The standard InChI is InChI=1S/C19H16N6O2.C2H6/c20-16-13(2-1-9-22-16)18-24-15-8-7-14(17(21)27)23-19(15)25(18)12-5-3-11(10-26)4-6-12;1-2/h1-9,26H,10H2,(H2,20,22)(H2,21,27);1-2H3. The van der Waals surface area contributed by atoms with Crippen LogP contribution in [-0.2, 0) is 6.61 Å². The van der Waals surface area contributed by atoms with Crippen LogP contribution in [0.25, 0.3) is 28.2 Å². The van der Waals surface area contributed by atoms with E-state index in [-0.39, 0.29) is 12.3 Å². The van der Waals surface area contributed by atoms with Crippen LogP contribution in [0.3, 0.4) is 0 Å². The molecule has 3 heterocycles. The van der Waals surface area contributed by atoms with Crippen LogP contribution in [-0.4, -0.2) is 30.5 Å². The fraction of sp³-hybridized carbons (Fsp3) is 0.143. The van der Waals surface area contributed by atoms with Crippen molar-refractivity contribution in [2.24, 2.45) is 5.73 Å². The van der Waals surface area contributed by atoms with Crippen LogP contribution in [0.5, 0.6) is 0 Å². The summed E-state index contributed by atoms with van der Waals surface area (Å²) in [5, 5.41) is 9.29. The molecule has 0 radical (unpaired) electrons. The number of fused-ring (bicyclic) bond motifs is 1. The molecular weight excluding hydrogens is 368 g/mol. The Kier molecular flexibility index (Phi) is 5.85. The predicted molar refractivity (Wildman–Crippen MR) is 112 cm³/mol. The Labute approximate surface area is 167 Å². The van der Waals surface area contributed by atoms with Crippen molar-refractivity contribution in [2.75, 3.05) is 5.73 Å². The molecule has 1 aromatic carbocycles. The summed E-state index contributed by atoms with van der Waals surface area (Å²) < 4.78 is 1.79. The highest BCUT2D eigenvalue weighted by Gasteiger charge is 2.19. The third-order valence-corrected chi connectivity index (χ3v) is 4.21. The maximum Gasteiger partial charge on any atom is 0.267 e. The lowest BCUT2D eigenvalue weighted by Crippen LogP contribution is -2.13. The van der Waals surface area contributed by atoms with Gasteiger partial charge in [-0.3, -0.25) is 9.36 Å². The predicted octanol–water partition coefficient (Wildman–Crippen LogP) is 2.68. The summed E-state index contributed by atoms with van der Waals surface area (Å²) in [5.41, 5.74) is 14.8. The quantitative estimate of drug-likeness (QED) is 0.491. The van der Waals surface area contributed by atoms with Crippen molar-refractivity contribution in [3.63, 3.8) is 0 Å². The van der Waals surface area contributed by atoms with Crippen molar-refractivity contribution in [2.45, 2.75) is 20.5 Å². The van der Waals surface area contributed by atoms with Gasteiger partial charge in [-0.05, 0) is 42.0 Å². The topological polar surface area (TPSA) is 133 Å². The normalized spacial score (nSPS) is 10.4. The number of nitrogens with zero attached hydrogens (tertiary/aromatic N) is 4. The van der Waals surface area contributed by atoms with E-state index in [0.29, 0.717) is 28.4 Å². The molecule has 0 bridgehead atoms. The molecule has 0 saturated heterocycles. The van der Waals surface area contributed by atoms with Gasteiger partial charge in [0.1, 0.15) is 17.0 Å². The number of carbonyl (C=O) groups excluding carboxylic acids is 1. The average Bonchev–Trinajstić information content (AvgIpc) is 3.14. The first kappa shape index (κ1) is 20.0. The number of primary amides is 1. The third-order valence-electron chi connectivity index (χ3n) is 4.21. The molecule has 4 aromatic rings. The van der Waals surface area contributed by atoms with Crippen molar-refractivity contribution < 1.29 is 9.90 Å². The van der Waals surface area contributed by atoms with Crippen LogP contribution >= 0.6 is 0 Å². The molecule has 0 aliphatic heterocycles. The smallest absolute Gasteiger partial charge is 0.267 e. The van der Waals surface area contributed by atoms with E-state index in [1.54, 1.807) is 35.0 Å². The van der Waals surface area contributed by atoms with E-state index in [1.807, 2.05) is 32.0 Å². The number of anilines is 1. The minimum Gasteiger partial charge on any atom is -0.392 e. The minimum absolute atomic E-state index is 0.0581. The number of amides is 1. The van der Waals surface area contributed by atoms with E-state index < -0.39 is 5.91 Å². The zero-order valence-electron chi connectivity index (χ0n) is 16.2. The van der Waals surface area contributed by atoms with Crippen molar-refractivity contribution in [1.29, 1.82) is 0 Å². The molecule has 5 N–H and O–H groups in total. The van der Waals surface area contributed by atoms with Crippen molar-refractivity contribution >= 4 is 22.9 Å². The first-order valence-corrected chi connectivity index (χ1v) is 9.19. The van der Waals surface area contributed by atoms with E-state index in [9.17, 15) is 9.90 Å². The summed E-state index contributed by atoms with van der Waals surface area (Å²) in [5.74, 6) is 0.250. The number of aromatic nitrogens is 4. The average molecular weight is 390 g/mol. The van der Waals surface area contributed by atoms with Crippen LogP contribution in [0.1, 0.15) is 29.9 Å². The van der Waals surface area contributed by atoms with Crippen LogP contribution in [0.4, 0.5) is 5.82 Å². The second kappa shape index (κ2) is 8.49. The van der Waals surface area contributed by atoms with Gasteiger partial charge in [-0.15, -0.1) is 0 Å². The molecule has 29 heavy (non-hydrogen) atoms. The number of hydrogen-bond donors (Lipinski definition) is 3. The molecule has 0 atom stereocenters. The Hall–Kier alpha value is -3.78. The first-order chi connectivity index (χ1) is 14.1. The van der Waals surface area contributed by atoms with Crippen LogP contribution in [0.15, 0.2) is 54.7 Å². The second-order valence-electron chi connectivity index (χ2n) is 5.94. The molecule has 0 unspecified atom stereocenters. The Morgan fingerprint density at radius 1 is 1.07 bits per heavy atom. The molecule has 148 valence electrons. The van der Waals surface area contributed by atoms with Gasteiger partial charge in [0, 0.05) is 11.9 Å². The van der Waals surface area contributed by atoms with E-state index in [2.05, 4.69) is 15.0 Å². The maximum atomic E-state index is 11.6. The Bertz CT molecular complexity index is 1150. The number of aliphatic hydroxyl groups excluding tert-OH is 1. The lowest BCUT2D eigenvalue weighted by atomic mass is 10.2. The number of pyridine rings is 2. The van der Waals surface area contributed by atoms with Crippen LogP contribution < -0.4 is 11.5 Å². The third kappa shape index (κ3) is 3.78. The van der Waals surface area contributed by atoms with Crippen molar-refractivity contribution in [1.82, 2.24) is 19.5 Å². The minimum atomic E-state index is -0.622. The highest BCUT2D eigenvalue weighted by atomic mass is 16.3. The van der Waals surface area contributed by atoms with Gasteiger partial charge < -0.3 is 16.6 Å². The molecule has 0 saturated carbocycles. The summed E-state index contributed by atoms with van der Waals surface area (Å²) in [7, 11) is 0. The van der Waals surface area contributed by atoms with Gasteiger partial charge in [-0.25, -0.2) is 15.0 Å². The summed E-state index contributed by atoms with van der Waals surface area (Å²) in [6, 6.07) is 14.1. The molecule has 0 spiro atoms. The summed E-state index contributed by atoms with van der Waals surface area (Å²) >= 11 is 0. The van der Waals surface area contributed by atoms with Crippen LogP contribution in [0, 0.1) is 0 Å². The van der Waals surface area contributed by atoms with Crippen molar-refractivity contribution in [3.05, 3.63) is 66.0 Å². The largest absolute Gasteiger partial charge is 0.392 e. The zero-order chi connectivity index (χ0) is 21.0. The van der Waals surface area contributed by atoms with Gasteiger partial charge in [-0.2, -0.15) is 0 Å². The number of hydrogen-bond acceptors (Lipinski definition) is 6. The van der Waals surface area contributed by atoms with Gasteiger partial charge in [0.25, 0.3) is 5.91 Å². The lowest BCUT2D eigenvalue weighted by Gasteiger charge is -2.11. The highest BCUT2D eigenvalue weighted by Crippen LogP contribution is 2.30. The number of nitrogens with two attached hydrogens (primary N) is 2. The van der Waals surface area contributed by atoms with Crippen molar-refractivity contribution in [3.8, 4) is 17.1 Å².